The van der Waals surface area contributed by atoms with E-state index in [9.17, 15) is 9.59 Å². The summed E-state index contributed by atoms with van der Waals surface area (Å²) in [5, 5.41) is 14.5. The van der Waals surface area contributed by atoms with Gasteiger partial charge in [-0.3, -0.25) is 14.9 Å². The van der Waals surface area contributed by atoms with Crippen LogP contribution in [0.4, 0.5) is 10.3 Å². The van der Waals surface area contributed by atoms with Crippen molar-refractivity contribution in [3.63, 3.8) is 0 Å². The number of ether oxygens (including phenoxy) is 2. The highest BCUT2D eigenvalue weighted by Crippen LogP contribution is 2.30. The zero-order valence-electron chi connectivity index (χ0n) is 18.4. The van der Waals surface area contributed by atoms with Crippen LogP contribution in [-0.2, 0) is 4.79 Å². The Hall–Kier alpha value is -3.22. The number of benzene rings is 2. The Bertz CT molecular complexity index is 1270. The molecule has 12 heteroatoms. The molecule has 0 aliphatic carbocycles. The van der Waals surface area contributed by atoms with Crippen LogP contribution in [0.25, 0.3) is 10.2 Å². The number of fused-ring (bicyclic) bond motifs is 1. The van der Waals surface area contributed by atoms with Crippen LogP contribution in [-0.4, -0.2) is 46.0 Å². The molecule has 2 heterocycles. The van der Waals surface area contributed by atoms with E-state index in [1.54, 1.807) is 18.2 Å². The Kier molecular flexibility index (Phi) is 7.93. The molecule has 0 bridgehead atoms. The van der Waals surface area contributed by atoms with E-state index in [-0.39, 0.29) is 17.6 Å². The van der Waals surface area contributed by atoms with Crippen molar-refractivity contribution in [1.29, 1.82) is 0 Å². The molecule has 2 aromatic heterocycles. The van der Waals surface area contributed by atoms with Crippen molar-refractivity contribution in [3.05, 3.63) is 48.0 Å². The minimum atomic E-state index is -0.342. The van der Waals surface area contributed by atoms with E-state index in [2.05, 4.69) is 25.8 Å². The van der Waals surface area contributed by atoms with Gasteiger partial charge in [0.15, 0.2) is 21.0 Å². The average molecular weight is 516 g/mol. The highest BCUT2D eigenvalue weighted by Gasteiger charge is 2.15. The summed E-state index contributed by atoms with van der Waals surface area (Å²) in [6, 6.07) is 12.7. The van der Waals surface area contributed by atoms with Crippen molar-refractivity contribution in [2.75, 3.05) is 29.6 Å². The second-order valence-corrected chi connectivity index (χ2v) is 9.91. The predicted octanol–water partition coefficient (Wildman–Crippen LogP) is 4.93. The van der Waals surface area contributed by atoms with Gasteiger partial charge in [0.2, 0.25) is 11.0 Å². The van der Waals surface area contributed by atoms with Crippen LogP contribution in [0.2, 0.25) is 0 Å². The fourth-order valence-electron chi connectivity index (χ4n) is 2.89. The second kappa shape index (κ2) is 11.3. The van der Waals surface area contributed by atoms with E-state index in [4.69, 9.17) is 9.47 Å². The minimum absolute atomic E-state index is 0.148. The van der Waals surface area contributed by atoms with Crippen LogP contribution in [0.1, 0.15) is 24.2 Å². The van der Waals surface area contributed by atoms with Crippen LogP contribution in [0, 0.1) is 0 Å². The van der Waals surface area contributed by atoms with Crippen LogP contribution in [0.15, 0.2) is 46.8 Å². The smallest absolute Gasteiger partial charge is 0.257 e. The zero-order chi connectivity index (χ0) is 23.9. The Morgan fingerprint density at radius 3 is 2.53 bits per heavy atom. The maximum Gasteiger partial charge on any atom is 0.257 e. The lowest BCUT2D eigenvalue weighted by Gasteiger charge is -2.12. The number of amides is 2. The summed E-state index contributed by atoms with van der Waals surface area (Å²) < 4.78 is 12.7. The molecular formula is C22H21N5O4S3. The first kappa shape index (κ1) is 23.9. The third kappa shape index (κ3) is 6.01. The van der Waals surface area contributed by atoms with Gasteiger partial charge in [0, 0.05) is 5.56 Å². The van der Waals surface area contributed by atoms with Gasteiger partial charge in [0.1, 0.15) is 0 Å². The number of carbonyl (C=O) groups excluding carboxylic acids is 2. The minimum Gasteiger partial charge on any atom is -0.490 e. The molecule has 4 rings (SSSR count). The third-order valence-electron chi connectivity index (χ3n) is 4.30. The summed E-state index contributed by atoms with van der Waals surface area (Å²) in [5.41, 5.74) is 1.26. The molecule has 0 atom stereocenters. The lowest BCUT2D eigenvalue weighted by Crippen LogP contribution is -2.13. The molecule has 2 N–H and O–H groups in total. The van der Waals surface area contributed by atoms with Crippen LogP contribution in [0.3, 0.4) is 0 Å². The normalized spacial score (nSPS) is 10.8. The number of nitrogens with one attached hydrogen (secondary N) is 2. The summed E-state index contributed by atoms with van der Waals surface area (Å²) in [5.74, 6) is 0.701. The standard InChI is InChI=1S/C22H21N5O4S3/c1-3-30-15-10-9-13(11-16(15)31-4-2)19(29)25-21-26-27-22(34-21)32-12-18(28)24-20-23-14-7-5-6-8-17(14)33-20/h5-11H,3-4,12H2,1-2H3,(H,23,24,28)(H,25,26,29). The van der Waals surface area contributed by atoms with Crippen LogP contribution < -0.4 is 20.1 Å². The number of rotatable bonds is 10. The van der Waals surface area contributed by atoms with Crippen molar-refractivity contribution in [1.82, 2.24) is 15.2 Å². The summed E-state index contributed by atoms with van der Waals surface area (Å²) >= 11 is 3.85. The molecule has 0 radical (unpaired) electrons. The Balaban J connectivity index is 1.31. The molecule has 0 spiro atoms. The SMILES string of the molecule is CCOc1ccc(C(=O)Nc2nnc(SCC(=O)Nc3nc4ccccc4s3)s2)cc1OCC. The molecule has 2 amide bonds. The van der Waals surface area contributed by atoms with E-state index in [1.807, 2.05) is 38.1 Å². The molecule has 176 valence electrons. The Morgan fingerprint density at radius 2 is 1.74 bits per heavy atom. The van der Waals surface area contributed by atoms with Crippen molar-refractivity contribution >= 4 is 66.7 Å². The van der Waals surface area contributed by atoms with Gasteiger partial charge in [0.05, 0.1) is 29.2 Å². The van der Waals surface area contributed by atoms with Crippen LogP contribution in [0.5, 0.6) is 11.5 Å². The Morgan fingerprint density at radius 1 is 0.941 bits per heavy atom. The molecule has 0 fully saturated rings. The van der Waals surface area contributed by atoms with Gasteiger partial charge in [-0.15, -0.1) is 10.2 Å². The van der Waals surface area contributed by atoms with Gasteiger partial charge in [-0.1, -0.05) is 46.6 Å². The van der Waals surface area contributed by atoms with Crippen molar-refractivity contribution < 1.29 is 19.1 Å². The third-order valence-corrected chi connectivity index (χ3v) is 7.22. The van der Waals surface area contributed by atoms with Gasteiger partial charge < -0.3 is 14.8 Å². The summed E-state index contributed by atoms with van der Waals surface area (Å²) in [7, 11) is 0. The number of thiazole rings is 1. The number of anilines is 2. The quantitative estimate of drug-likeness (QED) is 0.226. The van der Waals surface area contributed by atoms with Crippen LogP contribution >= 0.6 is 34.4 Å². The summed E-state index contributed by atoms with van der Waals surface area (Å²) in [6.45, 7) is 4.69. The van der Waals surface area contributed by atoms with Gasteiger partial charge in [-0.05, 0) is 44.2 Å². The molecule has 9 nitrogen and oxygen atoms in total. The molecule has 4 aromatic rings. The number of thioether (sulfide) groups is 1. The number of nitrogens with zero attached hydrogens (tertiary/aromatic N) is 3. The lowest BCUT2D eigenvalue weighted by atomic mass is 10.2. The van der Waals surface area contributed by atoms with E-state index >= 15 is 0 Å². The zero-order valence-corrected chi connectivity index (χ0v) is 20.8. The molecule has 0 unspecified atom stereocenters. The molecule has 2 aromatic carbocycles. The fourth-order valence-corrected chi connectivity index (χ4v) is 5.32. The van der Waals surface area contributed by atoms with Gasteiger partial charge in [0.25, 0.3) is 5.91 Å². The largest absolute Gasteiger partial charge is 0.490 e. The number of hydrogen-bond donors (Lipinski definition) is 2. The van der Waals surface area contributed by atoms with Crippen molar-refractivity contribution in [2.24, 2.45) is 0 Å². The molecule has 0 aliphatic rings. The summed E-state index contributed by atoms with van der Waals surface area (Å²) in [6.07, 6.45) is 0. The van der Waals surface area contributed by atoms with Crippen molar-refractivity contribution in [3.8, 4) is 11.5 Å². The van der Waals surface area contributed by atoms with E-state index in [0.29, 0.717) is 44.9 Å². The van der Waals surface area contributed by atoms with E-state index in [1.165, 1.54) is 34.4 Å². The molecule has 34 heavy (non-hydrogen) atoms. The van der Waals surface area contributed by atoms with Gasteiger partial charge in [-0.2, -0.15) is 0 Å². The maximum atomic E-state index is 12.6. The molecule has 0 saturated heterocycles. The van der Waals surface area contributed by atoms with Gasteiger partial charge >= 0.3 is 0 Å². The number of hydrogen-bond acceptors (Lipinski definition) is 10. The molecular weight excluding hydrogens is 494 g/mol. The topological polar surface area (TPSA) is 115 Å². The summed E-state index contributed by atoms with van der Waals surface area (Å²) in [4.78, 5) is 29.3. The first-order valence-corrected chi connectivity index (χ1v) is 13.0. The van der Waals surface area contributed by atoms with Gasteiger partial charge in [-0.25, -0.2) is 4.98 Å². The first-order valence-electron chi connectivity index (χ1n) is 10.4. The van der Waals surface area contributed by atoms with E-state index in [0.717, 1.165) is 10.2 Å². The number of para-hydroxylation sites is 1. The Labute approximate surface area is 207 Å². The molecule has 0 aliphatic heterocycles. The van der Waals surface area contributed by atoms with E-state index < -0.39 is 0 Å². The maximum absolute atomic E-state index is 12.6. The monoisotopic (exact) mass is 515 g/mol. The first-order chi connectivity index (χ1) is 16.6. The highest BCUT2D eigenvalue weighted by atomic mass is 32.2. The average Bonchev–Trinajstić information content (AvgIpc) is 3.45. The van der Waals surface area contributed by atoms with Crippen molar-refractivity contribution in [2.45, 2.75) is 18.2 Å². The second-order valence-electron chi connectivity index (χ2n) is 6.68. The lowest BCUT2D eigenvalue weighted by molar-refractivity contribution is -0.113. The number of carbonyl (C=O) groups is 2. The molecule has 0 saturated carbocycles. The number of aromatic nitrogens is 3. The highest BCUT2D eigenvalue weighted by molar-refractivity contribution is 8.01. The fraction of sp³-hybridized carbons (Fsp3) is 0.227. The predicted molar refractivity (Wildman–Crippen MR) is 136 cm³/mol.